The van der Waals surface area contributed by atoms with Gasteiger partial charge in [-0.05, 0) is 24.6 Å². The van der Waals surface area contributed by atoms with E-state index in [1.54, 1.807) is 10.9 Å². The molecule has 25 heavy (non-hydrogen) atoms. The van der Waals surface area contributed by atoms with Crippen LogP contribution in [-0.4, -0.2) is 31.1 Å². The third-order valence-corrected chi connectivity index (χ3v) is 4.81. The van der Waals surface area contributed by atoms with Gasteiger partial charge in [0.2, 0.25) is 5.91 Å². The van der Waals surface area contributed by atoms with E-state index in [1.165, 1.54) is 0 Å². The van der Waals surface area contributed by atoms with Crippen molar-refractivity contribution in [1.82, 2.24) is 29.8 Å². The summed E-state index contributed by atoms with van der Waals surface area (Å²) in [5, 5.41) is 11.5. The first-order chi connectivity index (χ1) is 12.1. The van der Waals surface area contributed by atoms with Crippen LogP contribution in [0.5, 0.6) is 0 Å². The van der Waals surface area contributed by atoms with Crippen LogP contribution in [0.15, 0.2) is 36.8 Å². The summed E-state index contributed by atoms with van der Waals surface area (Å²) in [4.78, 5) is 16.4. The summed E-state index contributed by atoms with van der Waals surface area (Å²) < 4.78 is 3.72. The molecule has 8 heteroatoms. The summed E-state index contributed by atoms with van der Waals surface area (Å²) in [6.45, 7) is 0.619. The predicted molar refractivity (Wildman–Crippen MR) is 94.2 cm³/mol. The number of carbonyl (C=O) groups excluding carboxylic acids is 1. The van der Waals surface area contributed by atoms with E-state index < -0.39 is 0 Å². The Morgan fingerprint density at radius 1 is 1.36 bits per heavy atom. The van der Waals surface area contributed by atoms with Crippen LogP contribution >= 0.6 is 11.6 Å². The number of nitrogens with zero attached hydrogens (tertiary/aromatic N) is 4. The maximum atomic E-state index is 11.9. The second-order valence-electron chi connectivity index (χ2n) is 6.30. The van der Waals surface area contributed by atoms with Gasteiger partial charge in [-0.3, -0.25) is 9.48 Å². The lowest BCUT2D eigenvalue weighted by molar-refractivity contribution is -0.124. The van der Waals surface area contributed by atoms with Gasteiger partial charge in [-0.2, -0.15) is 5.10 Å². The number of nitrogens with one attached hydrogen (secondary N) is 2. The Hall–Kier alpha value is -2.38. The average molecular weight is 359 g/mol. The van der Waals surface area contributed by atoms with Gasteiger partial charge in [0.25, 0.3) is 0 Å². The van der Waals surface area contributed by atoms with Gasteiger partial charge in [0.15, 0.2) is 0 Å². The van der Waals surface area contributed by atoms with Crippen LogP contribution in [0.3, 0.4) is 0 Å². The summed E-state index contributed by atoms with van der Waals surface area (Å²) in [5.41, 5.74) is 2.79. The molecule has 0 saturated carbocycles. The van der Waals surface area contributed by atoms with E-state index in [0.717, 1.165) is 23.5 Å². The predicted octanol–water partition coefficient (Wildman–Crippen LogP) is 1.83. The molecular weight excluding hydrogens is 340 g/mol. The van der Waals surface area contributed by atoms with Crippen molar-refractivity contribution in [3.63, 3.8) is 0 Å². The Morgan fingerprint density at radius 2 is 2.24 bits per heavy atom. The minimum Gasteiger partial charge on any atom is -0.346 e. The fourth-order valence-corrected chi connectivity index (χ4v) is 3.49. The lowest BCUT2D eigenvalue weighted by atomic mass is 9.95. The maximum Gasteiger partial charge on any atom is 0.220 e. The van der Waals surface area contributed by atoms with Gasteiger partial charge in [0.05, 0.1) is 22.5 Å². The topological polar surface area (TPSA) is 76.2 Å². The highest BCUT2D eigenvalue weighted by Crippen LogP contribution is 2.24. The van der Waals surface area contributed by atoms with E-state index in [1.807, 2.05) is 42.0 Å². The minimum absolute atomic E-state index is 0.0756. The number of hydrogen-bond acceptors (Lipinski definition) is 4. The molecule has 1 aliphatic rings. The zero-order valence-electron chi connectivity index (χ0n) is 13.8. The average Bonchev–Trinajstić information content (AvgIpc) is 3.18. The molecule has 4 heterocycles. The lowest BCUT2D eigenvalue weighted by Crippen LogP contribution is -2.48. The SMILES string of the molecule is Cn1nccc1[C@@H]1NC(=O)CC[C@H]1NCc1cn2cc(Cl)ccc2n1. The number of fused-ring (bicyclic) bond motifs is 1. The van der Waals surface area contributed by atoms with Crippen molar-refractivity contribution in [2.75, 3.05) is 0 Å². The van der Waals surface area contributed by atoms with E-state index >= 15 is 0 Å². The molecule has 1 amide bonds. The summed E-state index contributed by atoms with van der Waals surface area (Å²) in [5.74, 6) is 0.0756. The molecule has 1 aliphatic heterocycles. The number of rotatable bonds is 4. The van der Waals surface area contributed by atoms with Gasteiger partial charge in [-0.15, -0.1) is 0 Å². The molecular formula is C17H19ClN6O. The van der Waals surface area contributed by atoms with Crippen LogP contribution in [0.2, 0.25) is 5.02 Å². The number of pyridine rings is 1. The minimum atomic E-state index is -0.0970. The quantitative estimate of drug-likeness (QED) is 0.746. The Kier molecular flexibility index (Phi) is 4.19. The van der Waals surface area contributed by atoms with Crippen molar-refractivity contribution in [3.05, 3.63) is 53.2 Å². The number of piperidine rings is 1. The normalized spacial score (nSPS) is 20.8. The molecule has 2 N–H and O–H groups in total. The Labute approximate surface area is 150 Å². The molecule has 0 aliphatic carbocycles. The van der Waals surface area contributed by atoms with Crippen molar-refractivity contribution in [1.29, 1.82) is 0 Å². The molecule has 0 spiro atoms. The van der Waals surface area contributed by atoms with Crippen LogP contribution in [0.25, 0.3) is 5.65 Å². The second kappa shape index (κ2) is 6.50. The standard InChI is InChI=1S/C17H19ClN6O/c1-23-14(6-7-20-23)17-13(3-5-16(25)22-17)19-8-12-10-24-9-11(18)2-4-15(24)21-12/h2,4,6-7,9-10,13,17,19H,3,5,8H2,1H3,(H,22,25)/t13-,17-/m1/s1. The van der Waals surface area contributed by atoms with Gasteiger partial charge in [-0.1, -0.05) is 11.6 Å². The molecule has 3 aromatic heterocycles. The summed E-state index contributed by atoms with van der Waals surface area (Å²) in [6, 6.07) is 5.70. The third-order valence-electron chi connectivity index (χ3n) is 4.59. The van der Waals surface area contributed by atoms with Gasteiger partial charge in [-0.25, -0.2) is 4.98 Å². The molecule has 1 saturated heterocycles. The number of carbonyl (C=O) groups is 1. The molecule has 2 atom stereocenters. The fraction of sp³-hybridized carbons (Fsp3) is 0.353. The second-order valence-corrected chi connectivity index (χ2v) is 6.73. The van der Waals surface area contributed by atoms with E-state index in [0.29, 0.717) is 18.0 Å². The number of imidazole rings is 1. The molecule has 3 aromatic rings. The third kappa shape index (κ3) is 3.25. The first-order valence-corrected chi connectivity index (χ1v) is 8.62. The van der Waals surface area contributed by atoms with Gasteiger partial charge in [0.1, 0.15) is 5.65 Å². The number of amides is 1. The summed E-state index contributed by atoms with van der Waals surface area (Å²) in [6.07, 6.45) is 6.86. The van der Waals surface area contributed by atoms with Crippen LogP contribution < -0.4 is 10.6 Å². The van der Waals surface area contributed by atoms with Crippen LogP contribution in [-0.2, 0) is 18.4 Å². The largest absolute Gasteiger partial charge is 0.346 e. The van der Waals surface area contributed by atoms with Crippen molar-refractivity contribution in [2.45, 2.75) is 31.5 Å². The van der Waals surface area contributed by atoms with E-state index in [4.69, 9.17) is 11.6 Å². The Balaban J connectivity index is 1.51. The first-order valence-electron chi connectivity index (χ1n) is 8.24. The molecule has 0 unspecified atom stereocenters. The zero-order valence-corrected chi connectivity index (χ0v) is 14.6. The Morgan fingerprint density at radius 3 is 3.04 bits per heavy atom. The highest BCUT2D eigenvalue weighted by molar-refractivity contribution is 6.30. The molecule has 1 fully saturated rings. The van der Waals surface area contributed by atoms with Crippen LogP contribution in [0.4, 0.5) is 0 Å². The molecule has 130 valence electrons. The molecule has 0 bridgehead atoms. The molecule has 0 aromatic carbocycles. The van der Waals surface area contributed by atoms with E-state index in [9.17, 15) is 4.79 Å². The number of hydrogen-bond donors (Lipinski definition) is 2. The zero-order chi connectivity index (χ0) is 17.4. The van der Waals surface area contributed by atoms with Gasteiger partial charge >= 0.3 is 0 Å². The fourth-order valence-electron chi connectivity index (χ4n) is 3.33. The van der Waals surface area contributed by atoms with Gasteiger partial charge < -0.3 is 15.0 Å². The van der Waals surface area contributed by atoms with E-state index in [-0.39, 0.29) is 18.0 Å². The Bertz CT molecular complexity index is 917. The van der Waals surface area contributed by atoms with Crippen molar-refractivity contribution in [2.24, 2.45) is 7.05 Å². The van der Waals surface area contributed by atoms with Gasteiger partial charge in [0, 0.05) is 44.6 Å². The first kappa shape index (κ1) is 16.1. The highest BCUT2D eigenvalue weighted by atomic mass is 35.5. The lowest BCUT2D eigenvalue weighted by Gasteiger charge is -2.32. The molecule has 0 radical (unpaired) electrons. The van der Waals surface area contributed by atoms with Crippen LogP contribution in [0.1, 0.15) is 30.3 Å². The monoisotopic (exact) mass is 358 g/mol. The van der Waals surface area contributed by atoms with E-state index in [2.05, 4.69) is 20.7 Å². The number of halogens is 1. The molecule has 4 rings (SSSR count). The van der Waals surface area contributed by atoms with Crippen molar-refractivity contribution in [3.8, 4) is 0 Å². The maximum absolute atomic E-state index is 11.9. The smallest absolute Gasteiger partial charge is 0.220 e. The summed E-state index contributed by atoms with van der Waals surface area (Å²) >= 11 is 6.02. The van der Waals surface area contributed by atoms with Crippen molar-refractivity contribution >= 4 is 23.2 Å². The summed E-state index contributed by atoms with van der Waals surface area (Å²) in [7, 11) is 1.89. The molecule has 7 nitrogen and oxygen atoms in total. The number of aromatic nitrogens is 4. The van der Waals surface area contributed by atoms with Crippen molar-refractivity contribution < 1.29 is 4.79 Å². The highest BCUT2D eigenvalue weighted by Gasteiger charge is 2.31. The van der Waals surface area contributed by atoms with Crippen LogP contribution in [0, 0.1) is 0 Å². The number of aryl methyl sites for hydroxylation is 1.